The molecule has 30 heavy (non-hydrogen) atoms. The zero-order valence-corrected chi connectivity index (χ0v) is 19.1. The first kappa shape index (κ1) is 20.1. The Balaban J connectivity index is 1.55. The molecule has 5 rings (SSSR count). The first-order valence-corrected chi connectivity index (χ1v) is 12.2. The van der Waals surface area contributed by atoms with E-state index < -0.39 is 4.87 Å². The van der Waals surface area contributed by atoms with Crippen LogP contribution in [0.3, 0.4) is 0 Å². The Morgan fingerprint density at radius 2 is 1.77 bits per heavy atom. The van der Waals surface area contributed by atoms with Crippen LogP contribution in [-0.4, -0.2) is 47.1 Å². The average molecular weight is 486 g/mol. The molecule has 3 aliphatic rings. The fraction of sp³-hybridized carbons (Fsp3) is 0.391. The summed E-state index contributed by atoms with van der Waals surface area (Å²) in [6.45, 7) is 3.05. The summed E-state index contributed by atoms with van der Waals surface area (Å²) in [6, 6.07) is 15.9. The van der Waals surface area contributed by atoms with E-state index in [9.17, 15) is 9.59 Å². The standard InChI is InChI=1S/C23H24BrN3O2S/c24-18-9-10-20-19(13-18)23(22(29)26(20)16-25-11-5-2-6-12-25)27(21(28)15-30-23)14-17-7-3-1-4-8-17/h1,3-4,7-10,13H,2,5-6,11-12,14-16H2. The second kappa shape index (κ2) is 8.02. The molecular weight excluding hydrogens is 462 g/mol. The maximum Gasteiger partial charge on any atom is 0.269 e. The highest BCUT2D eigenvalue weighted by Gasteiger charge is 2.60. The molecule has 1 unspecified atom stereocenters. The first-order valence-electron chi connectivity index (χ1n) is 10.4. The van der Waals surface area contributed by atoms with Gasteiger partial charge >= 0.3 is 0 Å². The van der Waals surface area contributed by atoms with Gasteiger partial charge in [-0.2, -0.15) is 0 Å². The summed E-state index contributed by atoms with van der Waals surface area (Å²) in [6.07, 6.45) is 3.61. The summed E-state index contributed by atoms with van der Waals surface area (Å²) in [5.74, 6) is 0.345. The van der Waals surface area contributed by atoms with E-state index >= 15 is 0 Å². The molecule has 2 aromatic rings. The molecule has 3 aliphatic heterocycles. The Kier molecular flexibility index (Phi) is 5.37. The van der Waals surface area contributed by atoms with Crippen LogP contribution in [0.1, 0.15) is 30.4 Å². The number of nitrogens with zero attached hydrogens (tertiary/aromatic N) is 3. The first-order chi connectivity index (χ1) is 14.6. The van der Waals surface area contributed by atoms with E-state index in [4.69, 9.17) is 0 Å². The summed E-state index contributed by atoms with van der Waals surface area (Å²) >= 11 is 5.04. The minimum absolute atomic E-state index is 0.00737. The Hall–Kier alpha value is -1.83. The third-order valence-electron chi connectivity index (χ3n) is 6.21. The number of likely N-dealkylation sites (tertiary alicyclic amines) is 1. The largest absolute Gasteiger partial charge is 0.311 e. The number of benzene rings is 2. The minimum atomic E-state index is -0.984. The van der Waals surface area contributed by atoms with Crippen molar-refractivity contribution in [1.29, 1.82) is 0 Å². The van der Waals surface area contributed by atoms with Crippen molar-refractivity contribution in [1.82, 2.24) is 9.80 Å². The van der Waals surface area contributed by atoms with E-state index in [2.05, 4.69) is 20.8 Å². The summed E-state index contributed by atoms with van der Waals surface area (Å²) in [5, 5.41) is 0. The van der Waals surface area contributed by atoms with Gasteiger partial charge in [-0.05, 0) is 49.7 Å². The van der Waals surface area contributed by atoms with E-state index in [0.29, 0.717) is 19.0 Å². The maximum absolute atomic E-state index is 14.0. The molecule has 156 valence electrons. The third kappa shape index (κ3) is 3.27. The van der Waals surface area contributed by atoms with Crippen LogP contribution in [0, 0.1) is 0 Å². The van der Waals surface area contributed by atoms with Crippen LogP contribution in [-0.2, 0) is 21.0 Å². The van der Waals surface area contributed by atoms with Crippen molar-refractivity contribution in [2.75, 3.05) is 30.4 Å². The zero-order valence-electron chi connectivity index (χ0n) is 16.7. The molecule has 2 aromatic carbocycles. The summed E-state index contributed by atoms with van der Waals surface area (Å²) in [7, 11) is 0. The Morgan fingerprint density at radius 1 is 1.00 bits per heavy atom. The molecule has 0 saturated carbocycles. The zero-order chi connectivity index (χ0) is 20.7. The molecule has 0 bridgehead atoms. The highest BCUT2D eigenvalue weighted by atomic mass is 79.9. The van der Waals surface area contributed by atoms with Gasteiger partial charge in [-0.3, -0.25) is 19.4 Å². The number of anilines is 1. The molecule has 7 heteroatoms. The van der Waals surface area contributed by atoms with Crippen molar-refractivity contribution in [3.63, 3.8) is 0 Å². The molecule has 0 aliphatic carbocycles. The predicted octanol–water partition coefficient (Wildman–Crippen LogP) is 4.17. The van der Waals surface area contributed by atoms with Gasteiger partial charge in [0.15, 0.2) is 4.87 Å². The van der Waals surface area contributed by atoms with Crippen molar-refractivity contribution in [2.45, 2.75) is 30.7 Å². The van der Waals surface area contributed by atoms with Gasteiger partial charge in [-0.25, -0.2) is 0 Å². The molecule has 1 spiro atoms. The number of hydrogen-bond acceptors (Lipinski definition) is 4. The van der Waals surface area contributed by atoms with Gasteiger partial charge < -0.3 is 4.90 Å². The van der Waals surface area contributed by atoms with Gasteiger partial charge in [0, 0.05) is 16.6 Å². The summed E-state index contributed by atoms with van der Waals surface area (Å²) in [4.78, 5) is 32.0. The molecule has 3 heterocycles. The van der Waals surface area contributed by atoms with Gasteiger partial charge in [-0.1, -0.05) is 52.7 Å². The lowest BCUT2D eigenvalue weighted by Gasteiger charge is -2.35. The molecule has 2 amide bonds. The van der Waals surface area contributed by atoms with Gasteiger partial charge in [-0.15, -0.1) is 11.8 Å². The van der Waals surface area contributed by atoms with Gasteiger partial charge in [0.25, 0.3) is 5.91 Å². The molecular formula is C23H24BrN3O2S. The normalized spacial score (nSPS) is 24.2. The van der Waals surface area contributed by atoms with Crippen LogP contribution in [0.25, 0.3) is 0 Å². The van der Waals surface area contributed by atoms with E-state index in [1.54, 1.807) is 4.90 Å². The van der Waals surface area contributed by atoms with Crippen LogP contribution in [0.5, 0.6) is 0 Å². The Morgan fingerprint density at radius 3 is 2.53 bits per heavy atom. The predicted molar refractivity (Wildman–Crippen MR) is 123 cm³/mol. The number of carbonyl (C=O) groups excluding carboxylic acids is 2. The number of amides is 2. The number of carbonyl (C=O) groups is 2. The van der Waals surface area contributed by atoms with Crippen molar-refractivity contribution >= 4 is 45.2 Å². The molecule has 1 atom stereocenters. The number of thioether (sulfide) groups is 1. The quantitative estimate of drug-likeness (QED) is 0.651. The number of rotatable bonds is 4. The van der Waals surface area contributed by atoms with Crippen LogP contribution in [0.15, 0.2) is 53.0 Å². The van der Waals surface area contributed by atoms with Gasteiger partial charge in [0.05, 0.1) is 18.1 Å². The average Bonchev–Trinajstić information content (AvgIpc) is 3.21. The van der Waals surface area contributed by atoms with Gasteiger partial charge in [0.1, 0.15) is 0 Å². The lowest BCUT2D eigenvalue weighted by molar-refractivity contribution is -0.138. The van der Waals surface area contributed by atoms with E-state index in [1.165, 1.54) is 31.0 Å². The lowest BCUT2D eigenvalue weighted by Crippen LogP contribution is -2.51. The minimum Gasteiger partial charge on any atom is -0.311 e. The molecule has 0 N–H and O–H groups in total. The number of fused-ring (bicyclic) bond motifs is 2. The molecule has 5 nitrogen and oxygen atoms in total. The maximum atomic E-state index is 14.0. The monoisotopic (exact) mass is 485 g/mol. The van der Waals surface area contributed by atoms with Crippen molar-refractivity contribution < 1.29 is 9.59 Å². The number of hydrogen-bond donors (Lipinski definition) is 0. The number of piperidine rings is 1. The summed E-state index contributed by atoms with van der Waals surface area (Å²) < 4.78 is 0.924. The molecule has 2 fully saturated rings. The Labute approximate surface area is 189 Å². The van der Waals surface area contributed by atoms with Crippen LogP contribution in [0.4, 0.5) is 5.69 Å². The Bertz CT molecular complexity index is 980. The van der Waals surface area contributed by atoms with Crippen LogP contribution < -0.4 is 4.90 Å². The SMILES string of the molecule is O=C1CSC2(C(=O)N(CN3CCCCC3)c3ccc(Br)cc32)N1Cc1ccccc1. The molecule has 2 saturated heterocycles. The second-order valence-corrected chi connectivity index (χ2v) is 10.2. The smallest absolute Gasteiger partial charge is 0.269 e. The third-order valence-corrected chi connectivity index (χ3v) is 8.13. The van der Waals surface area contributed by atoms with Crippen LogP contribution in [0.2, 0.25) is 0 Å². The second-order valence-electron chi connectivity index (χ2n) is 8.11. The summed E-state index contributed by atoms with van der Waals surface area (Å²) in [5.41, 5.74) is 2.88. The highest BCUT2D eigenvalue weighted by molar-refractivity contribution is 9.10. The van der Waals surface area contributed by atoms with Crippen molar-refractivity contribution in [3.05, 3.63) is 64.1 Å². The van der Waals surface area contributed by atoms with Crippen molar-refractivity contribution in [2.24, 2.45) is 0 Å². The fourth-order valence-electron chi connectivity index (χ4n) is 4.73. The van der Waals surface area contributed by atoms with E-state index in [1.807, 2.05) is 53.4 Å². The van der Waals surface area contributed by atoms with Crippen LogP contribution >= 0.6 is 27.7 Å². The van der Waals surface area contributed by atoms with E-state index in [0.717, 1.165) is 34.4 Å². The molecule has 0 aromatic heterocycles. The lowest BCUT2D eigenvalue weighted by atomic mass is 10.0. The van der Waals surface area contributed by atoms with Crippen molar-refractivity contribution in [3.8, 4) is 0 Å². The highest BCUT2D eigenvalue weighted by Crippen LogP contribution is 2.55. The number of halogens is 1. The topological polar surface area (TPSA) is 43.9 Å². The van der Waals surface area contributed by atoms with E-state index in [-0.39, 0.29) is 11.8 Å². The molecule has 0 radical (unpaired) electrons. The fourth-order valence-corrected chi connectivity index (χ4v) is 6.45. The van der Waals surface area contributed by atoms with Gasteiger partial charge in [0.2, 0.25) is 5.91 Å².